The summed E-state index contributed by atoms with van der Waals surface area (Å²) in [6.07, 6.45) is 7.78. The Kier molecular flexibility index (Phi) is 5.67. The number of rotatable bonds is 5. The summed E-state index contributed by atoms with van der Waals surface area (Å²) in [5.41, 5.74) is 4.30. The van der Waals surface area contributed by atoms with Gasteiger partial charge >= 0.3 is 5.97 Å². The fourth-order valence-corrected chi connectivity index (χ4v) is 2.86. The number of esters is 1. The first-order valence-electron chi connectivity index (χ1n) is 8.67. The molecule has 1 aliphatic carbocycles. The second-order valence-corrected chi connectivity index (χ2v) is 6.43. The van der Waals surface area contributed by atoms with Crippen LogP contribution >= 0.6 is 0 Å². The number of phenols is 1. The Morgan fingerprint density at radius 1 is 1.15 bits per heavy atom. The van der Waals surface area contributed by atoms with Crippen molar-refractivity contribution in [2.45, 2.75) is 19.8 Å². The first kappa shape index (κ1) is 18.4. The van der Waals surface area contributed by atoms with Gasteiger partial charge in [-0.25, -0.2) is 4.79 Å². The van der Waals surface area contributed by atoms with Crippen molar-refractivity contribution in [1.29, 1.82) is 0 Å². The van der Waals surface area contributed by atoms with E-state index in [0.29, 0.717) is 29.6 Å². The van der Waals surface area contributed by atoms with Crippen LogP contribution in [-0.4, -0.2) is 17.4 Å². The average molecular weight is 360 g/mol. The zero-order chi connectivity index (χ0) is 19.2. The van der Waals surface area contributed by atoms with Crippen molar-refractivity contribution in [2.75, 3.05) is 0 Å². The molecule has 0 amide bonds. The summed E-state index contributed by atoms with van der Waals surface area (Å²) >= 11 is 0. The maximum atomic E-state index is 12.2. The van der Waals surface area contributed by atoms with E-state index in [4.69, 9.17) is 4.74 Å². The van der Waals surface area contributed by atoms with Crippen LogP contribution in [0.5, 0.6) is 5.75 Å². The van der Waals surface area contributed by atoms with E-state index < -0.39 is 5.97 Å². The van der Waals surface area contributed by atoms with Crippen LogP contribution in [0.1, 0.15) is 39.6 Å². The first-order chi connectivity index (χ1) is 13.0. The van der Waals surface area contributed by atoms with Gasteiger partial charge in [-0.3, -0.25) is 4.79 Å². The molecular formula is C23H20O4. The molecule has 0 radical (unpaired) electrons. The van der Waals surface area contributed by atoms with Gasteiger partial charge in [-0.05, 0) is 67.3 Å². The second-order valence-electron chi connectivity index (χ2n) is 6.43. The van der Waals surface area contributed by atoms with E-state index in [2.05, 4.69) is 6.92 Å². The summed E-state index contributed by atoms with van der Waals surface area (Å²) in [4.78, 5) is 23.0. The number of hydrogen-bond acceptors (Lipinski definition) is 4. The molecule has 1 N–H and O–H groups in total. The lowest BCUT2D eigenvalue weighted by molar-refractivity contribution is 0.0635. The fourth-order valence-electron chi connectivity index (χ4n) is 2.86. The number of carbonyl (C=O) groups is 2. The number of ether oxygens (including phenoxy) is 1. The van der Waals surface area contributed by atoms with Crippen LogP contribution in [0.25, 0.3) is 0 Å². The number of hydrogen-bond donors (Lipinski definition) is 1. The molecule has 27 heavy (non-hydrogen) atoms. The molecule has 0 fully saturated rings. The molecule has 4 heteroatoms. The Bertz CT molecular complexity index is 947. The molecule has 0 saturated carbocycles. The highest BCUT2D eigenvalue weighted by atomic mass is 16.5. The zero-order valence-corrected chi connectivity index (χ0v) is 15.0. The molecule has 2 aromatic rings. The van der Waals surface area contributed by atoms with Gasteiger partial charge in [0.1, 0.15) is 17.8 Å². The Labute approximate surface area is 158 Å². The van der Waals surface area contributed by atoms with Crippen molar-refractivity contribution in [1.82, 2.24) is 0 Å². The van der Waals surface area contributed by atoms with Crippen LogP contribution in [-0.2, 0) is 11.2 Å². The van der Waals surface area contributed by atoms with Gasteiger partial charge in [-0.1, -0.05) is 35.9 Å². The molecule has 1 aliphatic rings. The van der Waals surface area contributed by atoms with Crippen LogP contribution in [0.3, 0.4) is 0 Å². The lowest BCUT2D eigenvalue weighted by atomic mass is 9.96. The van der Waals surface area contributed by atoms with E-state index in [-0.39, 0.29) is 5.75 Å². The third-order valence-corrected chi connectivity index (χ3v) is 4.39. The lowest BCUT2D eigenvalue weighted by Crippen LogP contribution is -2.06. The minimum absolute atomic E-state index is 0.259. The lowest BCUT2D eigenvalue weighted by Gasteiger charge is -2.13. The summed E-state index contributed by atoms with van der Waals surface area (Å²) in [7, 11) is 0. The second kappa shape index (κ2) is 8.32. The molecular weight excluding hydrogens is 340 g/mol. The van der Waals surface area contributed by atoms with Crippen molar-refractivity contribution in [2.24, 2.45) is 0 Å². The van der Waals surface area contributed by atoms with Crippen LogP contribution < -0.4 is 0 Å². The summed E-state index contributed by atoms with van der Waals surface area (Å²) < 4.78 is 5.41. The van der Waals surface area contributed by atoms with Crippen molar-refractivity contribution in [3.63, 3.8) is 0 Å². The highest BCUT2D eigenvalue weighted by molar-refractivity contribution is 5.92. The Hall–Kier alpha value is -3.40. The van der Waals surface area contributed by atoms with Gasteiger partial charge in [0.2, 0.25) is 0 Å². The third-order valence-electron chi connectivity index (χ3n) is 4.39. The summed E-state index contributed by atoms with van der Waals surface area (Å²) in [6, 6.07) is 13.6. The number of phenolic OH excluding ortho intramolecular Hbond substituents is 1. The molecule has 0 heterocycles. The van der Waals surface area contributed by atoms with E-state index in [1.54, 1.807) is 36.4 Å². The van der Waals surface area contributed by atoms with Gasteiger partial charge in [-0.2, -0.15) is 0 Å². The molecule has 136 valence electrons. The first-order valence-corrected chi connectivity index (χ1v) is 8.67. The zero-order valence-electron chi connectivity index (χ0n) is 15.0. The van der Waals surface area contributed by atoms with E-state index in [0.717, 1.165) is 12.0 Å². The Balaban J connectivity index is 1.64. The topological polar surface area (TPSA) is 63.6 Å². The maximum Gasteiger partial charge on any atom is 0.343 e. The van der Waals surface area contributed by atoms with Crippen molar-refractivity contribution >= 4 is 12.3 Å². The van der Waals surface area contributed by atoms with Gasteiger partial charge in [0.05, 0.1) is 5.56 Å². The molecule has 0 unspecified atom stereocenters. The molecule has 0 aromatic heterocycles. The van der Waals surface area contributed by atoms with E-state index >= 15 is 0 Å². The van der Waals surface area contributed by atoms with Crippen molar-refractivity contribution in [3.8, 4) is 5.75 Å². The van der Waals surface area contributed by atoms with Crippen LogP contribution in [0, 0.1) is 0 Å². The van der Waals surface area contributed by atoms with Crippen LogP contribution in [0.4, 0.5) is 0 Å². The largest absolute Gasteiger partial charge is 0.508 e. The molecule has 0 bridgehead atoms. The number of aromatic hydroxyl groups is 1. The molecule has 3 rings (SSSR count). The van der Waals surface area contributed by atoms with Crippen molar-refractivity contribution in [3.05, 3.63) is 100 Å². The normalized spacial score (nSPS) is 15.1. The van der Waals surface area contributed by atoms with Crippen LogP contribution in [0.2, 0.25) is 0 Å². The maximum absolute atomic E-state index is 12.2. The highest BCUT2D eigenvalue weighted by Gasteiger charge is 2.12. The monoisotopic (exact) mass is 360 g/mol. The standard InChI is InChI=1S/C23H20O4/c1-16(13-17-5-9-21(25)10-6-17)19-7-11-22(12-8-19)27-23(26)20-4-2-3-18(14-20)15-24/h2-7,9-12,14-15,25H,8,13H2,1H3. The number of allylic oxidation sites excluding steroid dienone is 5. The van der Waals surface area contributed by atoms with E-state index in [9.17, 15) is 14.7 Å². The average Bonchev–Trinajstić information content (AvgIpc) is 2.70. The number of carbonyl (C=O) groups excluding carboxylic acids is 2. The minimum Gasteiger partial charge on any atom is -0.508 e. The predicted octanol–water partition coefficient (Wildman–Crippen LogP) is 4.76. The fraction of sp³-hybridized carbons (Fsp3) is 0.130. The van der Waals surface area contributed by atoms with Gasteiger partial charge in [-0.15, -0.1) is 0 Å². The quantitative estimate of drug-likeness (QED) is 0.616. The van der Waals surface area contributed by atoms with Gasteiger partial charge in [0.25, 0.3) is 0 Å². The highest BCUT2D eigenvalue weighted by Crippen LogP contribution is 2.23. The van der Waals surface area contributed by atoms with Gasteiger partial charge in [0.15, 0.2) is 0 Å². The summed E-state index contributed by atoms with van der Waals surface area (Å²) in [6.45, 7) is 2.07. The molecule has 4 nitrogen and oxygen atoms in total. The van der Waals surface area contributed by atoms with Crippen molar-refractivity contribution < 1.29 is 19.4 Å². The summed E-state index contributed by atoms with van der Waals surface area (Å²) in [5.74, 6) is 0.273. The molecule has 0 saturated heterocycles. The number of benzene rings is 2. The Morgan fingerprint density at radius 2 is 1.93 bits per heavy atom. The van der Waals surface area contributed by atoms with Crippen LogP contribution in [0.15, 0.2) is 83.7 Å². The predicted molar refractivity (Wildman–Crippen MR) is 104 cm³/mol. The van der Waals surface area contributed by atoms with Gasteiger partial charge < -0.3 is 9.84 Å². The number of aldehydes is 1. The minimum atomic E-state index is -0.483. The molecule has 2 aromatic carbocycles. The summed E-state index contributed by atoms with van der Waals surface area (Å²) in [5, 5.41) is 9.36. The Morgan fingerprint density at radius 3 is 2.59 bits per heavy atom. The smallest absolute Gasteiger partial charge is 0.343 e. The SMILES string of the molecule is CC(Cc1ccc(O)cc1)=C1C=CC(OC(=O)c2cccc(C=O)c2)=CC1. The molecule has 0 spiro atoms. The molecule has 0 atom stereocenters. The van der Waals surface area contributed by atoms with Gasteiger partial charge in [0, 0.05) is 5.56 Å². The third kappa shape index (κ3) is 4.82. The van der Waals surface area contributed by atoms with E-state index in [1.807, 2.05) is 24.3 Å². The molecule has 0 aliphatic heterocycles. The van der Waals surface area contributed by atoms with E-state index in [1.165, 1.54) is 17.2 Å².